The van der Waals surface area contributed by atoms with Crippen molar-refractivity contribution in [2.24, 2.45) is 11.8 Å². The summed E-state index contributed by atoms with van der Waals surface area (Å²) in [5, 5.41) is 3.15. The Morgan fingerprint density at radius 1 is 1.14 bits per heavy atom. The lowest BCUT2D eigenvalue weighted by Crippen LogP contribution is -2.48. The molecule has 122 valence electrons. The molecule has 3 nitrogen and oxygen atoms in total. The van der Waals surface area contributed by atoms with E-state index >= 15 is 0 Å². The van der Waals surface area contributed by atoms with Gasteiger partial charge in [0.1, 0.15) is 0 Å². The van der Waals surface area contributed by atoms with Gasteiger partial charge >= 0.3 is 0 Å². The topological polar surface area (TPSA) is 32.3 Å². The molecule has 1 heterocycles. The molecule has 0 saturated carbocycles. The number of nitrogens with zero attached hydrogens (tertiary/aromatic N) is 1. The largest absolute Gasteiger partial charge is 0.324 e. The van der Waals surface area contributed by atoms with Gasteiger partial charge < -0.3 is 5.32 Å². The van der Waals surface area contributed by atoms with Gasteiger partial charge in [-0.2, -0.15) is 0 Å². The van der Waals surface area contributed by atoms with Crippen LogP contribution in [0.1, 0.15) is 43.9 Å². The minimum Gasteiger partial charge on any atom is -0.324 e. The SMILES string of the molecule is Cc1cc(C)c(NC(=O)[C@@H](C)N2C[C@@H](C)C[C@H](C)C2)c(C)c1. The molecule has 1 aromatic rings. The first-order valence-corrected chi connectivity index (χ1v) is 8.40. The number of carbonyl (C=O) groups excluding carboxylic acids is 1. The molecule has 1 saturated heterocycles. The number of rotatable bonds is 3. The van der Waals surface area contributed by atoms with Crippen LogP contribution in [0, 0.1) is 32.6 Å². The minimum absolute atomic E-state index is 0.0784. The predicted octanol–water partition coefficient (Wildman–Crippen LogP) is 3.92. The van der Waals surface area contributed by atoms with Gasteiger partial charge in [-0.25, -0.2) is 0 Å². The Balaban J connectivity index is 2.09. The fourth-order valence-corrected chi connectivity index (χ4v) is 3.80. The van der Waals surface area contributed by atoms with Gasteiger partial charge in [0.2, 0.25) is 5.91 Å². The van der Waals surface area contributed by atoms with E-state index in [1.54, 1.807) is 0 Å². The summed E-state index contributed by atoms with van der Waals surface area (Å²) in [5.41, 5.74) is 4.48. The highest BCUT2D eigenvalue weighted by Crippen LogP contribution is 2.25. The third-order valence-electron chi connectivity index (χ3n) is 4.75. The summed E-state index contributed by atoms with van der Waals surface area (Å²) >= 11 is 0. The summed E-state index contributed by atoms with van der Waals surface area (Å²) in [6, 6.07) is 4.17. The van der Waals surface area contributed by atoms with Gasteiger partial charge in [-0.3, -0.25) is 9.69 Å². The third kappa shape index (κ3) is 3.89. The molecule has 1 aliphatic rings. The number of hydrogen-bond acceptors (Lipinski definition) is 2. The Morgan fingerprint density at radius 2 is 1.64 bits per heavy atom. The highest BCUT2D eigenvalue weighted by molar-refractivity contribution is 5.96. The van der Waals surface area contributed by atoms with E-state index in [1.807, 2.05) is 6.92 Å². The fraction of sp³-hybridized carbons (Fsp3) is 0.632. The van der Waals surface area contributed by atoms with Crippen molar-refractivity contribution in [2.45, 2.75) is 54.0 Å². The van der Waals surface area contributed by atoms with Gasteiger partial charge in [0.25, 0.3) is 0 Å². The number of piperidine rings is 1. The number of benzene rings is 1. The van der Waals surface area contributed by atoms with Crippen LogP contribution in [0.5, 0.6) is 0 Å². The van der Waals surface area contributed by atoms with E-state index in [-0.39, 0.29) is 11.9 Å². The quantitative estimate of drug-likeness (QED) is 0.918. The molecule has 2 rings (SSSR count). The van der Waals surface area contributed by atoms with Crippen molar-refractivity contribution in [2.75, 3.05) is 18.4 Å². The molecular weight excluding hydrogens is 272 g/mol. The standard InChI is InChI=1S/C19H30N2O/c1-12-8-15(4)18(16(5)9-12)20-19(22)17(6)21-10-13(2)7-14(3)11-21/h8-9,13-14,17H,7,10-11H2,1-6H3,(H,20,22)/t13-,14-,17+/m0/s1. The first-order valence-electron chi connectivity index (χ1n) is 8.40. The molecule has 1 fully saturated rings. The second kappa shape index (κ2) is 6.82. The van der Waals surface area contributed by atoms with E-state index in [9.17, 15) is 4.79 Å². The zero-order valence-electron chi connectivity index (χ0n) is 14.9. The predicted molar refractivity (Wildman–Crippen MR) is 93.3 cm³/mol. The molecule has 1 aliphatic heterocycles. The van der Waals surface area contributed by atoms with E-state index in [4.69, 9.17) is 0 Å². The monoisotopic (exact) mass is 302 g/mol. The van der Waals surface area contributed by atoms with Crippen LogP contribution in [-0.4, -0.2) is 29.9 Å². The zero-order chi connectivity index (χ0) is 16.4. The average Bonchev–Trinajstić information content (AvgIpc) is 2.40. The van der Waals surface area contributed by atoms with Crippen LogP contribution in [0.15, 0.2) is 12.1 Å². The molecule has 3 heteroatoms. The maximum Gasteiger partial charge on any atom is 0.241 e. The van der Waals surface area contributed by atoms with Crippen molar-refractivity contribution in [1.82, 2.24) is 4.90 Å². The van der Waals surface area contributed by atoms with Crippen molar-refractivity contribution in [3.05, 3.63) is 28.8 Å². The maximum atomic E-state index is 12.7. The number of hydrogen-bond donors (Lipinski definition) is 1. The smallest absolute Gasteiger partial charge is 0.241 e. The van der Waals surface area contributed by atoms with Gasteiger partial charge in [-0.05, 0) is 57.1 Å². The number of carbonyl (C=O) groups is 1. The second-order valence-corrected chi connectivity index (χ2v) is 7.34. The summed E-state index contributed by atoms with van der Waals surface area (Å²) in [7, 11) is 0. The highest BCUT2D eigenvalue weighted by atomic mass is 16.2. The zero-order valence-corrected chi connectivity index (χ0v) is 14.9. The van der Waals surface area contributed by atoms with Crippen molar-refractivity contribution in [3.8, 4) is 0 Å². The van der Waals surface area contributed by atoms with Gasteiger partial charge in [0.05, 0.1) is 6.04 Å². The van der Waals surface area contributed by atoms with Gasteiger partial charge in [0.15, 0.2) is 0 Å². The lowest BCUT2D eigenvalue weighted by Gasteiger charge is -2.38. The molecule has 0 unspecified atom stereocenters. The van der Waals surface area contributed by atoms with Gasteiger partial charge in [-0.1, -0.05) is 31.5 Å². The Labute approximate surface area is 135 Å². The summed E-state index contributed by atoms with van der Waals surface area (Å²) in [4.78, 5) is 15.0. The molecule has 3 atom stereocenters. The van der Waals surface area contributed by atoms with E-state index in [0.717, 1.165) is 29.9 Å². The Morgan fingerprint density at radius 3 is 2.14 bits per heavy atom. The van der Waals surface area contributed by atoms with Crippen LogP contribution >= 0.6 is 0 Å². The number of amides is 1. The summed E-state index contributed by atoms with van der Waals surface area (Å²) < 4.78 is 0. The van der Waals surface area contributed by atoms with Crippen LogP contribution in [0.3, 0.4) is 0 Å². The maximum absolute atomic E-state index is 12.7. The number of anilines is 1. The van der Waals surface area contributed by atoms with E-state index in [2.05, 4.69) is 57.0 Å². The Bertz CT molecular complexity index is 519. The third-order valence-corrected chi connectivity index (χ3v) is 4.75. The van der Waals surface area contributed by atoms with Gasteiger partial charge in [0, 0.05) is 18.8 Å². The molecule has 0 bridgehead atoms. The van der Waals surface area contributed by atoms with Crippen molar-refractivity contribution < 1.29 is 4.79 Å². The van der Waals surface area contributed by atoms with E-state index < -0.39 is 0 Å². The summed E-state index contributed by atoms with van der Waals surface area (Å²) in [5.74, 6) is 1.44. The molecule has 0 radical (unpaired) electrons. The van der Waals surface area contributed by atoms with Crippen LogP contribution in [-0.2, 0) is 4.79 Å². The number of aryl methyl sites for hydroxylation is 3. The lowest BCUT2D eigenvalue weighted by molar-refractivity contribution is -0.121. The van der Waals surface area contributed by atoms with E-state index in [0.29, 0.717) is 11.8 Å². The molecule has 1 aromatic carbocycles. The average molecular weight is 302 g/mol. The normalized spacial score (nSPS) is 24.1. The van der Waals surface area contributed by atoms with E-state index in [1.165, 1.54) is 12.0 Å². The first kappa shape index (κ1) is 17.0. The number of likely N-dealkylation sites (tertiary alicyclic amines) is 1. The first-order chi connectivity index (χ1) is 10.3. The van der Waals surface area contributed by atoms with Crippen LogP contribution in [0.2, 0.25) is 0 Å². The van der Waals surface area contributed by atoms with Crippen LogP contribution in [0.4, 0.5) is 5.69 Å². The summed E-state index contributed by atoms with van der Waals surface area (Å²) in [6.07, 6.45) is 1.26. The van der Waals surface area contributed by atoms with Crippen LogP contribution in [0.25, 0.3) is 0 Å². The minimum atomic E-state index is -0.0784. The molecule has 1 N–H and O–H groups in total. The Kier molecular flexibility index (Phi) is 5.28. The lowest BCUT2D eigenvalue weighted by atomic mass is 9.91. The van der Waals surface area contributed by atoms with Crippen molar-refractivity contribution in [1.29, 1.82) is 0 Å². The molecule has 22 heavy (non-hydrogen) atoms. The molecule has 0 aromatic heterocycles. The number of nitrogens with one attached hydrogen (secondary N) is 1. The molecule has 1 amide bonds. The molecule has 0 spiro atoms. The molecular formula is C19H30N2O. The van der Waals surface area contributed by atoms with Gasteiger partial charge in [-0.15, -0.1) is 0 Å². The molecule has 0 aliphatic carbocycles. The second-order valence-electron chi connectivity index (χ2n) is 7.34. The van der Waals surface area contributed by atoms with Crippen molar-refractivity contribution >= 4 is 11.6 Å². The highest BCUT2D eigenvalue weighted by Gasteiger charge is 2.29. The fourth-order valence-electron chi connectivity index (χ4n) is 3.80. The van der Waals surface area contributed by atoms with Crippen LogP contribution < -0.4 is 5.32 Å². The Hall–Kier alpha value is -1.35. The summed E-state index contributed by atoms with van der Waals surface area (Å²) in [6.45, 7) is 14.8. The van der Waals surface area contributed by atoms with Crippen molar-refractivity contribution in [3.63, 3.8) is 0 Å².